The summed E-state index contributed by atoms with van der Waals surface area (Å²) in [4.78, 5) is 14.3. The number of carbonyl (C=O) groups excluding carboxylic acids is 1. The zero-order valence-electron chi connectivity index (χ0n) is 12.2. The number of carbonyl (C=O) groups is 1. The van der Waals surface area contributed by atoms with Crippen LogP contribution in [-0.2, 0) is 11.2 Å². The summed E-state index contributed by atoms with van der Waals surface area (Å²) in [6, 6.07) is 17.6. The van der Waals surface area contributed by atoms with E-state index in [9.17, 15) is 10.0 Å². The van der Waals surface area contributed by atoms with Gasteiger partial charge in [0.15, 0.2) is 5.69 Å². The van der Waals surface area contributed by atoms with E-state index in [-0.39, 0.29) is 5.91 Å². The molecule has 4 heteroatoms. The molecule has 2 aliphatic heterocycles. The highest BCUT2D eigenvalue weighted by atomic mass is 32.2. The van der Waals surface area contributed by atoms with Crippen LogP contribution in [0.1, 0.15) is 18.4 Å². The predicted molar refractivity (Wildman–Crippen MR) is 87.9 cm³/mol. The minimum atomic E-state index is -0.560. The summed E-state index contributed by atoms with van der Waals surface area (Å²) in [5.41, 5.74) is 1.98. The highest BCUT2D eigenvalue weighted by Crippen LogP contribution is 2.51. The van der Waals surface area contributed by atoms with E-state index < -0.39 is 9.39 Å². The van der Waals surface area contributed by atoms with Crippen LogP contribution in [0, 0.1) is 0 Å². The molecule has 2 unspecified atom stereocenters. The second-order valence-electron chi connectivity index (χ2n) is 6.09. The Bertz CT molecular complexity index is 733. The summed E-state index contributed by atoms with van der Waals surface area (Å²) in [6.07, 6.45) is 2.43. The summed E-state index contributed by atoms with van der Waals surface area (Å²) in [7, 11) is 0. The minimum absolute atomic E-state index is 0.0711. The third-order valence-corrected chi connectivity index (χ3v) is 6.42. The highest BCUT2D eigenvalue weighted by molar-refractivity contribution is 8.01. The summed E-state index contributed by atoms with van der Waals surface area (Å²) in [5, 5.41) is 11.0. The third-order valence-electron chi connectivity index (χ3n) is 4.82. The number of rotatable bonds is 1. The predicted octanol–water partition coefficient (Wildman–Crippen LogP) is 3.79. The Labute approximate surface area is 134 Å². The van der Waals surface area contributed by atoms with Crippen LogP contribution < -0.4 is 4.65 Å². The van der Waals surface area contributed by atoms with Gasteiger partial charge in [0.25, 0.3) is 0 Å². The maximum absolute atomic E-state index is 13.1. The molecule has 4 rings (SSSR count). The molecule has 2 aliphatic rings. The Morgan fingerprint density at radius 1 is 1.00 bits per heavy atom. The topological polar surface area (TPSA) is 37.3 Å². The van der Waals surface area contributed by atoms with Crippen molar-refractivity contribution in [1.82, 2.24) is 4.65 Å². The second-order valence-corrected chi connectivity index (χ2v) is 7.51. The summed E-state index contributed by atoms with van der Waals surface area (Å²) in [6.45, 7) is 0.456. The van der Waals surface area contributed by atoms with Gasteiger partial charge in [-0.25, -0.2) is 10.0 Å². The Morgan fingerprint density at radius 3 is 2.55 bits per heavy atom. The van der Waals surface area contributed by atoms with Gasteiger partial charge < -0.3 is 0 Å². The van der Waals surface area contributed by atoms with Crippen molar-refractivity contribution in [1.29, 1.82) is 0 Å². The fourth-order valence-corrected chi connectivity index (χ4v) is 5.05. The molecule has 3 nitrogen and oxygen atoms in total. The molecule has 1 amide bonds. The van der Waals surface area contributed by atoms with Gasteiger partial charge in [0.05, 0.1) is 0 Å². The zero-order chi connectivity index (χ0) is 15.2. The van der Waals surface area contributed by atoms with Gasteiger partial charge in [0, 0.05) is 23.4 Å². The Morgan fingerprint density at radius 2 is 1.73 bits per heavy atom. The molecule has 0 aromatic heterocycles. The first-order valence-corrected chi connectivity index (χ1v) is 8.44. The molecule has 112 valence electrons. The van der Waals surface area contributed by atoms with Crippen LogP contribution in [0.3, 0.4) is 0 Å². The molecular formula is C18H18NO2S+. The number of amides is 1. The first-order chi connectivity index (χ1) is 10.6. The molecular weight excluding hydrogens is 294 g/mol. The molecule has 2 atom stereocenters. The second kappa shape index (κ2) is 4.95. The SMILES string of the molecule is O=C1C2(CCc3ccccc3S2)CC[N+]1(O)c1ccccc1. The van der Waals surface area contributed by atoms with Crippen LogP contribution >= 0.6 is 11.8 Å². The van der Waals surface area contributed by atoms with Crippen molar-refractivity contribution in [2.24, 2.45) is 0 Å². The summed E-state index contributed by atoms with van der Waals surface area (Å²) < 4.78 is -1.05. The van der Waals surface area contributed by atoms with Crippen molar-refractivity contribution >= 4 is 23.4 Å². The molecule has 1 saturated heterocycles. The molecule has 2 aromatic carbocycles. The normalized spacial score (nSPS) is 30.5. The van der Waals surface area contributed by atoms with Crippen molar-refractivity contribution in [3.05, 3.63) is 60.2 Å². The number of hydrogen-bond acceptors (Lipinski definition) is 3. The molecule has 2 aromatic rings. The van der Waals surface area contributed by atoms with E-state index in [1.165, 1.54) is 10.5 Å². The van der Waals surface area contributed by atoms with Gasteiger partial charge in [-0.05, 0) is 24.5 Å². The van der Waals surface area contributed by atoms with Gasteiger partial charge in [0.1, 0.15) is 11.3 Å². The van der Waals surface area contributed by atoms with Gasteiger partial charge in [-0.3, -0.25) is 0 Å². The first-order valence-electron chi connectivity index (χ1n) is 7.62. The Hall–Kier alpha value is -1.62. The fourth-order valence-electron chi connectivity index (χ4n) is 3.54. The standard InChI is InChI=1S/C18H18NO2S/c20-17-18(11-10-14-6-4-5-9-16(14)22-18)12-13-19(17,21)15-7-2-1-3-8-15/h1-9,21H,10-13H2/q+1. The van der Waals surface area contributed by atoms with Crippen LogP contribution in [-0.4, -0.2) is 22.4 Å². The van der Waals surface area contributed by atoms with Crippen LogP contribution in [0.4, 0.5) is 5.69 Å². The lowest BCUT2D eigenvalue weighted by molar-refractivity contribution is -0.155. The van der Waals surface area contributed by atoms with Crippen LogP contribution in [0.15, 0.2) is 59.5 Å². The van der Waals surface area contributed by atoms with E-state index in [0.29, 0.717) is 12.2 Å². The van der Waals surface area contributed by atoms with E-state index >= 15 is 0 Å². The number of para-hydroxylation sites is 1. The molecule has 2 heterocycles. The number of nitrogens with zero attached hydrogens (tertiary/aromatic N) is 1. The van der Waals surface area contributed by atoms with Crippen molar-refractivity contribution < 1.29 is 10.0 Å². The minimum Gasteiger partial charge on any atom is -0.225 e. The Kier molecular flexibility index (Phi) is 3.15. The lowest BCUT2D eigenvalue weighted by Crippen LogP contribution is -2.52. The van der Waals surface area contributed by atoms with Gasteiger partial charge in [-0.15, -0.1) is 11.8 Å². The number of fused-ring (bicyclic) bond motifs is 1. The lowest BCUT2D eigenvalue weighted by atomic mass is 9.96. The van der Waals surface area contributed by atoms with Crippen LogP contribution in [0.25, 0.3) is 0 Å². The van der Waals surface area contributed by atoms with E-state index in [4.69, 9.17) is 0 Å². The largest absolute Gasteiger partial charge is 0.367 e. The summed E-state index contributed by atoms with van der Waals surface area (Å²) >= 11 is 1.65. The van der Waals surface area contributed by atoms with Crippen molar-refractivity contribution in [3.8, 4) is 0 Å². The van der Waals surface area contributed by atoms with E-state index in [0.717, 1.165) is 19.3 Å². The van der Waals surface area contributed by atoms with Crippen LogP contribution in [0.5, 0.6) is 0 Å². The molecule has 1 N–H and O–H groups in total. The smallest absolute Gasteiger partial charge is 0.225 e. The number of hydroxylamine groups is 2. The van der Waals surface area contributed by atoms with Crippen molar-refractivity contribution in [3.63, 3.8) is 0 Å². The molecule has 0 aliphatic carbocycles. The van der Waals surface area contributed by atoms with Crippen molar-refractivity contribution in [2.75, 3.05) is 6.54 Å². The molecule has 0 radical (unpaired) electrons. The quantitative estimate of drug-likeness (QED) is 0.643. The molecule has 0 bridgehead atoms. The molecule has 22 heavy (non-hydrogen) atoms. The van der Waals surface area contributed by atoms with Gasteiger partial charge in [0.2, 0.25) is 0 Å². The van der Waals surface area contributed by atoms with E-state index in [2.05, 4.69) is 12.1 Å². The number of quaternary nitrogens is 1. The Balaban J connectivity index is 1.71. The van der Waals surface area contributed by atoms with Crippen molar-refractivity contribution in [2.45, 2.75) is 28.9 Å². The first kappa shape index (κ1) is 14.0. The van der Waals surface area contributed by atoms with Gasteiger partial charge >= 0.3 is 5.91 Å². The monoisotopic (exact) mass is 312 g/mol. The maximum atomic E-state index is 13.1. The van der Waals surface area contributed by atoms with Gasteiger partial charge in [-0.2, -0.15) is 0 Å². The van der Waals surface area contributed by atoms with E-state index in [1.807, 2.05) is 42.5 Å². The number of hydrogen-bond donors (Lipinski definition) is 1. The highest BCUT2D eigenvalue weighted by Gasteiger charge is 2.61. The zero-order valence-corrected chi connectivity index (χ0v) is 13.1. The molecule has 1 fully saturated rings. The number of thioether (sulfide) groups is 1. The van der Waals surface area contributed by atoms with Gasteiger partial charge in [-0.1, -0.05) is 41.0 Å². The average molecular weight is 312 g/mol. The average Bonchev–Trinajstić information content (AvgIpc) is 2.82. The summed E-state index contributed by atoms with van der Waals surface area (Å²) in [5.74, 6) is -0.0711. The van der Waals surface area contributed by atoms with Crippen LogP contribution in [0.2, 0.25) is 0 Å². The molecule has 0 saturated carbocycles. The fraction of sp³-hybridized carbons (Fsp3) is 0.278. The number of aryl methyl sites for hydroxylation is 1. The molecule has 1 spiro atoms. The number of benzene rings is 2. The van der Waals surface area contributed by atoms with E-state index in [1.54, 1.807) is 11.8 Å². The maximum Gasteiger partial charge on any atom is 0.367 e. The lowest BCUT2D eigenvalue weighted by Gasteiger charge is -2.31. The third kappa shape index (κ3) is 1.95.